The van der Waals surface area contributed by atoms with Crippen LogP contribution in [0.4, 0.5) is 11.4 Å². The normalized spacial score (nSPS) is 11.2. The van der Waals surface area contributed by atoms with Gasteiger partial charge in [0, 0.05) is 35.2 Å². The Morgan fingerprint density at radius 3 is 2.52 bits per heavy atom. The van der Waals surface area contributed by atoms with E-state index in [-0.39, 0.29) is 16.9 Å². The van der Waals surface area contributed by atoms with Gasteiger partial charge in [0.2, 0.25) is 0 Å². The Bertz CT molecular complexity index is 1440. The van der Waals surface area contributed by atoms with Gasteiger partial charge in [-0.25, -0.2) is 4.98 Å². The van der Waals surface area contributed by atoms with E-state index in [9.17, 15) is 25.5 Å². The van der Waals surface area contributed by atoms with Crippen LogP contribution in [0.15, 0.2) is 64.4 Å². The molecule has 0 bridgehead atoms. The largest absolute Gasteiger partial charge is 0.456 e. The minimum absolute atomic E-state index is 0.0192. The molecular formula is C23H14N4O5S. The van der Waals surface area contributed by atoms with Crippen molar-refractivity contribution in [3.63, 3.8) is 0 Å². The Kier molecular flexibility index (Phi) is 5.80. The van der Waals surface area contributed by atoms with Crippen molar-refractivity contribution in [1.29, 1.82) is 5.26 Å². The molecule has 2 aromatic heterocycles. The number of aromatic nitrogens is 1. The second-order valence-corrected chi connectivity index (χ2v) is 7.85. The summed E-state index contributed by atoms with van der Waals surface area (Å²) in [6, 6.07) is 16.2. The van der Waals surface area contributed by atoms with Crippen molar-refractivity contribution in [3.05, 3.63) is 96.5 Å². The molecule has 33 heavy (non-hydrogen) atoms. The number of hydrogen-bond donors (Lipinski definition) is 0. The maximum Gasteiger partial charge on any atom is 0.280 e. The molecule has 0 saturated heterocycles. The van der Waals surface area contributed by atoms with E-state index in [0.29, 0.717) is 33.3 Å². The van der Waals surface area contributed by atoms with Crippen LogP contribution in [-0.4, -0.2) is 14.8 Å². The number of hydrogen-bond acceptors (Lipinski definition) is 8. The van der Waals surface area contributed by atoms with E-state index in [0.717, 1.165) is 5.56 Å². The molecule has 2 aromatic carbocycles. The summed E-state index contributed by atoms with van der Waals surface area (Å²) >= 11 is 1.25. The van der Waals surface area contributed by atoms with Gasteiger partial charge in [0.05, 0.1) is 26.7 Å². The highest BCUT2D eigenvalue weighted by molar-refractivity contribution is 7.11. The fraction of sp³-hybridized carbons (Fsp3) is 0.0435. The molecule has 10 heteroatoms. The van der Waals surface area contributed by atoms with Gasteiger partial charge in [0.15, 0.2) is 0 Å². The number of nitro benzene ring substituents is 2. The summed E-state index contributed by atoms with van der Waals surface area (Å²) in [6.07, 6.45) is 1.52. The van der Waals surface area contributed by atoms with Crippen molar-refractivity contribution >= 4 is 34.4 Å². The average Bonchev–Trinajstić information content (AvgIpc) is 3.47. The lowest BCUT2D eigenvalue weighted by molar-refractivity contribution is -0.384. The lowest BCUT2D eigenvalue weighted by Gasteiger charge is -2.01. The van der Waals surface area contributed by atoms with E-state index in [1.165, 1.54) is 35.6 Å². The molecule has 0 N–H and O–H groups in total. The fourth-order valence-electron chi connectivity index (χ4n) is 3.14. The van der Waals surface area contributed by atoms with Crippen molar-refractivity contribution in [3.8, 4) is 28.7 Å². The van der Waals surface area contributed by atoms with Gasteiger partial charge in [0.25, 0.3) is 11.4 Å². The molecule has 0 atom stereocenters. The highest BCUT2D eigenvalue weighted by atomic mass is 32.1. The quantitative estimate of drug-likeness (QED) is 0.189. The lowest BCUT2D eigenvalue weighted by Crippen LogP contribution is -1.92. The van der Waals surface area contributed by atoms with Crippen molar-refractivity contribution in [2.24, 2.45) is 0 Å². The molecule has 2 heterocycles. The third kappa shape index (κ3) is 4.53. The van der Waals surface area contributed by atoms with Gasteiger partial charge in [-0.15, -0.1) is 11.3 Å². The topological polar surface area (TPSA) is 136 Å². The maximum atomic E-state index is 11.4. The zero-order valence-electron chi connectivity index (χ0n) is 17.1. The number of non-ortho nitro benzene ring substituents is 1. The summed E-state index contributed by atoms with van der Waals surface area (Å²) in [6.45, 7) is 1.77. The van der Waals surface area contributed by atoms with Gasteiger partial charge in [-0.3, -0.25) is 20.2 Å². The Morgan fingerprint density at radius 2 is 1.85 bits per heavy atom. The molecule has 0 unspecified atom stereocenters. The van der Waals surface area contributed by atoms with Crippen LogP contribution in [-0.2, 0) is 0 Å². The number of benzene rings is 2. The maximum absolute atomic E-state index is 11.4. The Balaban J connectivity index is 1.63. The van der Waals surface area contributed by atoms with Crippen LogP contribution < -0.4 is 0 Å². The lowest BCUT2D eigenvalue weighted by atomic mass is 10.1. The molecule has 162 valence electrons. The zero-order chi connectivity index (χ0) is 23.5. The molecule has 0 fully saturated rings. The summed E-state index contributed by atoms with van der Waals surface area (Å²) < 4.78 is 5.76. The molecule has 0 amide bonds. The Labute approximate surface area is 191 Å². The molecule has 9 nitrogen and oxygen atoms in total. The fourth-order valence-corrected chi connectivity index (χ4v) is 3.94. The second-order valence-electron chi connectivity index (χ2n) is 6.99. The van der Waals surface area contributed by atoms with E-state index in [4.69, 9.17) is 4.42 Å². The molecule has 0 radical (unpaired) electrons. The van der Waals surface area contributed by atoms with Crippen LogP contribution in [0.5, 0.6) is 0 Å². The van der Waals surface area contributed by atoms with Crippen LogP contribution >= 0.6 is 11.3 Å². The zero-order valence-corrected chi connectivity index (χ0v) is 17.9. The Hall–Kier alpha value is -4.62. The molecule has 0 aliphatic rings. The summed E-state index contributed by atoms with van der Waals surface area (Å²) in [7, 11) is 0. The highest BCUT2D eigenvalue weighted by Gasteiger charge is 2.18. The number of nitriles is 1. The predicted molar refractivity (Wildman–Crippen MR) is 123 cm³/mol. The molecule has 4 rings (SSSR count). The first-order chi connectivity index (χ1) is 15.9. The SMILES string of the molecule is Cc1ccc(-c2ccc(/C=C(\C#N)c3nc(-c4ccc([N+](=O)[O-])cc4)cs3)o2)c([N+](=O)[O-])c1. The van der Waals surface area contributed by atoms with Crippen LogP contribution in [0.2, 0.25) is 0 Å². The third-order valence-electron chi connectivity index (χ3n) is 4.76. The standard InChI is InChI=1S/C23H14N4O5S/c1-14-2-8-19(21(10-14)27(30)31)22-9-7-18(32-22)11-16(12-24)23-25-20(13-33-23)15-3-5-17(6-4-15)26(28)29/h2-11,13H,1H3/b16-11+. The van der Waals surface area contributed by atoms with Crippen LogP contribution in [0, 0.1) is 38.5 Å². The van der Waals surface area contributed by atoms with Crippen LogP contribution in [0.25, 0.3) is 34.2 Å². The van der Waals surface area contributed by atoms with Gasteiger partial charge in [-0.1, -0.05) is 6.07 Å². The van der Waals surface area contributed by atoms with Gasteiger partial charge >= 0.3 is 0 Å². The highest BCUT2D eigenvalue weighted by Crippen LogP contribution is 2.33. The summed E-state index contributed by atoms with van der Waals surface area (Å²) in [4.78, 5) is 25.7. The predicted octanol–water partition coefficient (Wildman–Crippen LogP) is 6.26. The number of nitro groups is 2. The molecule has 0 spiro atoms. The first kappa shape index (κ1) is 21.6. The van der Waals surface area contributed by atoms with Crippen LogP contribution in [0.3, 0.4) is 0 Å². The molecule has 4 aromatic rings. The van der Waals surface area contributed by atoms with Crippen molar-refractivity contribution < 1.29 is 14.3 Å². The molecule has 0 aliphatic carbocycles. The third-order valence-corrected chi connectivity index (χ3v) is 5.63. The first-order valence-corrected chi connectivity index (χ1v) is 10.4. The first-order valence-electron chi connectivity index (χ1n) is 9.53. The van der Waals surface area contributed by atoms with E-state index < -0.39 is 9.85 Å². The van der Waals surface area contributed by atoms with Gasteiger partial charge < -0.3 is 4.42 Å². The summed E-state index contributed by atoms with van der Waals surface area (Å²) in [5, 5.41) is 34.1. The molecular weight excluding hydrogens is 444 g/mol. The Morgan fingerprint density at radius 1 is 1.09 bits per heavy atom. The van der Waals surface area contributed by atoms with E-state index in [1.807, 2.05) is 0 Å². The van der Waals surface area contributed by atoms with Crippen molar-refractivity contribution in [2.45, 2.75) is 6.92 Å². The van der Waals surface area contributed by atoms with Crippen molar-refractivity contribution in [2.75, 3.05) is 0 Å². The number of rotatable bonds is 6. The van der Waals surface area contributed by atoms with Gasteiger partial charge in [0.1, 0.15) is 22.6 Å². The molecule has 0 saturated carbocycles. The van der Waals surface area contributed by atoms with Crippen molar-refractivity contribution in [1.82, 2.24) is 4.98 Å². The van der Waals surface area contributed by atoms with E-state index >= 15 is 0 Å². The number of nitrogens with zero attached hydrogens (tertiary/aromatic N) is 4. The van der Waals surface area contributed by atoms with Crippen LogP contribution in [0.1, 0.15) is 16.3 Å². The average molecular weight is 458 g/mol. The number of thiazole rings is 1. The summed E-state index contributed by atoms with van der Waals surface area (Å²) in [5.41, 5.74) is 2.55. The van der Waals surface area contributed by atoms with E-state index in [1.54, 1.807) is 48.7 Å². The van der Waals surface area contributed by atoms with Gasteiger partial charge in [-0.2, -0.15) is 5.26 Å². The minimum atomic E-state index is -0.477. The molecule has 0 aliphatic heterocycles. The second kappa shape index (κ2) is 8.86. The number of aryl methyl sites for hydroxylation is 1. The minimum Gasteiger partial charge on any atom is -0.456 e. The summed E-state index contributed by atoms with van der Waals surface area (Å²) in [5.74, 6) is 0.666. The smallest absolute Gasteiger partial charge is 0.280 e. The number of allylic oxidation sites excluding steroid dienone is 1. The number of furan rings is 1. The van der Waals surface area contributed by atoms with Gasteiger partial charge in [-0.05, 0) is 42.8 Å². The monoisotopic (exact) mass is 458 g/mol. The van der Waals surface area contributed by atoms with E-state index in [2.05, 4.69) is 11.1 Å².